The van der Waals surface area contributed by atoms with Crippen LogP contribution in [0.4, 0.5) is 0 Å². The Morgan fingerprint density at radius 3 is 2.49 bits per heavy atom. The Bertz CT molecular complexity index is 1670. The first-order valence-electron chi connectivity index (χ1n) is 10.8. The zero-order valence-electron chi connectivity index (χ0n) is 18.8. The molecule has 0 atom stereocenters. The molecule has 0 aliphatic carbocycles. The van der Waals surface area contributed by atoms with E-state index in [9.17, 15) is 9.59 Å². The first-order chi connectivity index (χ1) is 17.0. The van der Waals surface area contributed by atoms with Gasteiger partial charge in [0.2, 0.25) is 5.78 Å². The number of carboxylic acids is 1. The van der Waals surface area contributed by atoms with E-state index in [0.29, 0.717) is 23.1 Å². The number of aromatic nitrogens is 4. The maximum Gasteiger partial charge on any atom is 0.335 e. The van der Waals surface area contributed by atoms with Crippen molar-refractivity contribution in [3.05, 3.63) is 106 Å². The topological polar surface area (TPSA) is 98.7 Å². The lowest BCUT2D eigenvalue weighted by Gasteiger charge is -2.11. The molecule has 0 saturated heterocycles. The van der Waals surface area contributed by atoms with Crippen LogP contribution in [0.2, 0.25) is 0 Å². The van der Waals surface area contributed by atoms with Crippen molar-refractivity contribution in [2.45, 2.75) is 13.0 Å². The van der Waals surface area contributed by atoms with Gasteiger partial charge >= 0.3 is 5.97 Å². The molecule has 0 saturated carbocycles. The molecule has 172 valence electrons. The van der Waals surface area contributed by atoms with E-state index in [0.717, 1.165) is 22.4 Å². The molecule has 5 rings (SSSR count). The molecule has 0 radical (unpaired) electrons. The minimum absolute atomic E-state index is 0.185. The van der Waals surface area contributed by atoms with Gasteiger partial charge in [0.15, 0.2) is 0 Å². The van der Waals surface area contributed by atoms with Crippen molar-refractivity contribution in [3.63, 3.8) is 0 Å². The minimum Gasteiger partial charge on any atom is -0.497 e. The fourth-order valence-electron chi connectivity index (χ4n) is 3.88. The molecule has 0 unspecified atom stereocenters. The van der Waals surface area contributed by atoms with E-state index in [-0.39, 0.29) is 17.7 Å². The number of methoxy groups -OCH3 is 1. The van der Waals surface area contributed by atoms with E-state index in [1.807, 2.05) is 36.4 Å². The van der Waals surface area contributed by atoms with Crippen LogP contribution in [-0.2, 0) is 13.0 Å². The van der Waals surface area contributed by atoms with Crippen LogP contribution >= 0.6 is 0 Å². The standard InChI is InChI=1S/C27H20N4O4/c1-35-22-12-7-18(8-13-22)3-2-4-19-9-14-24-23(15-19)25(32)30(27-29-28-17-31(24)27)16-20-5-10-21(11-6-20)26(33)34/h5-15,17H,3,16H2,1H3,(H,33,34). The number of aromatic carboxylic acids is 1. The highest BCUT2D eigenvalue weighted by Crippen LogP contribution is 2.16. The van der Waals surface area contributed by atoms with Gasteiger partial charge in [0.1, 0.15) is 12.1 Å². The minimum atomic E-state index is -1.00. The Kier molecular flexibility index (Phi) is 5.73. The molecule has 2 heterocycles. The Hall–Kier alpha value is -4.90. The fourth-order valence-corrected chi connectivity index (χ4v) is 3.88. The number of ether oxygens (including phenoxy) is 1. The maximum absolute atomic E-state index is 13.5. The highest BCUT2D eigenvalue weighted by molar-refractivity contribution is 5.87. The Balaban J connectivity index is 1.50. The Labute approximate surface area is 200 Å². The molecule has 1 N–H and O–H groups in total. The molecular weight excluding hydrogens is 444 g/mol. The van der Waals surface area contributed by atoms with Gasteiger partial charge in [0, 0.05) is 12.0 Å². The number of hydrogen-bond donors (Lipinski definition) is 1. The van der Waals surface area contributed by atoms with Crippen LogP contribution in [0.3, 0.4) is 0 Å². The molecule has 35 heavy (non-hydrogen) atoms. The number of rotatable bonds is 5. The van der Waals surface area contributed by atoms with Gasteiger partial charge in [-0.3, -0.25) is 13.8 Å². The summed E-state index contributed by atoms with van der Waals surface area (Å²) in [4.78, 5) is 24.6. The summed E-state index contributed by atoms with van der Waals surface area (Å²) in [5.41, 5.74) is 3.23. The highest BCUT2D eigenvalue weighted by atomic mass is 16.5. The summed E-state index contributed by atoms with van der Waals surface area (Å²) < 4.78 is 8.47. The van der Waals surface area contributed by atoms with Gasteiger partial charge in [0.25, 0.3) is 5.56 Å². The molecule has 5 aromatic rings. The van der Waals surface area contributed by atoms with Crippen LogP contribution in [0, 0.1) is 11.8 Å². The van der Waals surface area contributed by atoms with Gasteiger partial charge < -0.3 is 9.84 Å². The highest BCUT2D eigenvalue weighted by Gasteiger charge is 2.13. The van der Waals surface area contributed by atoms with Gasteiger partial charge in [0.05, 0.1) is 30.1 Å². The summed E-state index contributed by atoms with van der Waals surface area (Å²) in [7, 11) is 1.63. The summed E-state index contributed by atoms with van der Waals surface area (Å²) >= 11 is 0. The normalized spacial score (nSPS) is 10.8. The van der Waals surface area contributed by atoms with Crippen molar-refractivity contribution in [1.29, 1.82) is 0 Å². The first kappa shape index (κ1) is 21.9. The van der Waals surface area contributed by atoms with Crippen LogP contribution < -0.4 is 10.3 Å². The molecule has 8 nitrogen and oxygen atoms in total. The lowest BCUT2D eigenvalue weighted by Crippen LogP contribution is -2.24. The predicted molar refractivity (Wildman–Crippen MR) is 131 cm³/mol. The molecule has 0 aliphatic rings. The molecule has 0 fully saturated rings. The van der Waals surface area contributed by atoms with Crippen LogP contribution in [0.25, 0.3) is 16.7 Å². The molecule has 8 heteroatoms. The van der Waals surface area contributed by atoms with Crippen molar-refractivity contribution in [3.8, 4) is 17.6 Å². The molecule has 2 aromatic heterocycles. The largest absolute Gasteiger partial charge is 0.497 e. The number of hydrogen-bond acceptors (Lipinski definition) is 5. The summed E-state index contributed by atoms with van der Waals surface area (Å²) in [5.74, 6) is 6.51. The number of carbonyl (C=O) groups is 1. The van der Waals surface area contributed by atoms with Gasteiger partial charge in [-0.1, -0.05) is 36.1 Å². The number of carboxylic acid groups (broad SMARTS) is 1. The quantitative estimate of drug-likeness (QED) is 0.401. The van der Waals surface area contributed by atoms with E-state index in [2.05, 4.69) is 22.0 Å². The monoisotopic (exact) mass is 464 g/mol. The summed E-state index contributed by atoms with van der Waals surface area (Å²) in [6.07, 6.45) is 2.14. The van der Waals surface area contributed by atoms with E-state index in [4.69, 9.17) is 9.84 Å². The molecule has 0 bridgehead atoms. The fraction of sp³-hybridized carbons (Fsp3) is 0.111. The van der Waals surface area contributed by atoms with Gasteiger partial charge in [-0.25, -0.2) is 4.79 Å². The third kappa shape index (κ3) is 4.35. The van der Waals surface area contributed by atoms with E-state index in [1.54, 1.807) is 36.0 Å². The molecule has 0 aliphatic heterocycles. The second-order valence-corrected chi connectivity index (χ2v) is 7.95. The van der Waals surface area contributed by atoms with Crippen LogP contribution in [0.5, 0.6) is 5.75 Å². The smallest absolute Gasteiger partial charge is 0.335 e. The second-order valence-electron chi connectivity index (χ2n) is 7.95. The summed E-state index contributed by atoms with van der Waals surface area (Å²) in [6.45, 7) is 0.226. The predicted octanol–water partition coefficient (Wildman–Crippen LogP) is 3.39. The van der Waals surface area contributed by atoms with E-state index >= 15 is 0 Å². The van der Waals surface area contributed by atoms with Crippen LogP contribution in [0.15, 0.2) is 77.9 Å². The summed E-state index contributed by atoms with van der Waals surface area (Å²) in [5, 5.41) is 17.7. The Morgan fingerprint density at radius 1 is 1.03 bits per heavy atom. The van der Waals surface area contributed by atoms with Gasteiger partial charge in [-0.15, -0.1) is 10.2 Å². The average molecular weight is 464 g/mol. The van der Waals surface area contributed by atoms with E-state index < -0.39 is 5.97 Å². The molecular formula is C27H20N4O4. The molecule has 0 amide bonds. The lowest BCUT2D eigenvalue weighted by molar-refractivity contribution is 0.0697. The third-order valence-electron chi connectivity index (χ3n) is 5.73. The number of nitrogens with zero attached hydrogens (tertiary/aromatic N) is 4. The summed E-state index contributed by atoms with van der Waals surface area (Å²) in [6, 6.07) is 19.6. The van der Waals surface area contributed by atoms with E-state index in [1.165, 1.54) is 16.7 Å². The molecule has 3 aromatic carbocycles. The second kappa shape index (κ2) is 9.15. The van der Waals surface area contributed by atoms with Crippen LogP contribution in [0.1, 0.15) is 27.0 Å². The van der Waals surface area contributed by atoms with Gasteiger partial charge in [-0.05, 0) is 53.6 Å². The SMILES string of the molecule is COc1ccc(CC#Cc2ccc3c(c2)c(=O)n(Cc2ccc(C(=O)O)cc2)c2nncn32)cc1. The maximum atomic E-state index is 13.5. The third-order valence-corrected chi connectivity index (χ3v) is 5.73. The zero-order chi connectivity index (χ0) is 24.4. The van der Waals surface area contributed by atoms with Crippen molar-refractivity contribution >= 4 is 22.6 Å². The first-order valence-corrected chi connectivity index (χ1v) is 10.8. The lowest BCUT2D eigenvalue weighted by atomic mass is 10.1. The van der Waals surface area contributed by atoms with Gasteiger partial charge in [-0.2, -0.15) is 0 Å². The van der Waals surface area contributed by atoms with Crippen molar-refractivity contribution in [2.75, 3.05) is 7.11 Å². The van der Waals surface area contributed by atoms with Crippen LogP contribution in [-0.4, -0.2) is 37.4 Å². The molecule has 0 spiro atoms. The average Bonchev–Trinajstić information content (AvgIpc) is 3.37. The van der Waals surface area contributed by atoms with Crippen molar-refractivity contribution in [1.82, 2.24) is 19.2 Å². The number of benzene rings is 3. The number of fused-ring (bicyclic) bond motifs is 3. The van der Waals surface area contributed by atoms with Crippen molar-refractivity contribution in [2.24, 2.45) is 0 Å². The Morgan fingerprint density at radius 2 is 1.77 bits per heavy atom. The zero-order valence-corrected chi connectivity index (χ0v) is 18.8. The van der Waals surface area contributed by atoms with Crippen molar-refractivity contribution < 1.29 is 14.6 Å².